The first-order valence-corrected chi connectivity index (χ1v) is 6.55. The molecule has 0 aliphatic carbocycles. The van der Waals surface area contributed by atoms with Crippen LogP contribution in [0.4, 0.5) is 0 Å². The van der Waals surface area contributed by atoms with Crippen LogP contribution < -0.4 is 11.3 Å². The molecule has 0 aliphatic rings. The number of aromatic nitrogens is 3. The highest BCUT2D eigenvalue weighted by atomic mass is 15.2. The molecule has 102 valence electrons. The molecule has 0 bridgehead atoms. The number of aryl methyl sites for hydroxylation is 1. The second-order valence-electron chi connectivity index (χ2n) is 4.88. The van der Waals surface area contributed by atoms with E-state index in [1.54, 1.807) is 6.33 Å². The standard InChI is InChI=1S/C15H17N5/c1-20-9-15(17-10-20)14(19-16)8-12-7-6-11-4-2-3-5-13(11)18-12/h2-7,9-10,14,19H,8,16H2,1H3. The van der Waals surface area contributed by atoms with Crippen molar-refractivity contribution < 1.29 is 0 Å². The summed E-state index contributed by atoms with van der Waals surface area (Å²) in [4.78, 5) is 9.00. The molecule has 2 heterocycles. The van der Waals surface area contributed by atoms with E-state index in [1.807, 2.05) is 42.1 Å². The lowest BCUT2D eigenvalue weighted by atomic mass is 10.1. The topological polar surface area (TPSA) is 68.8 Å². The van der Waals surface area contributed by atoms with Gasteiger partial charge in [-0.1, -0.05) is 24.3 Å². The Balaban J connectivity index is 1.87. The van der Waals surface area contributed by atoms with Crippen LogP contribution in [0.3, 0.4) is 0 Å². The number of hydrogen-bond donors (Lipinski definition) is 2. The van der Waals surface area contributed by atoms with Crippen LogP contribution in [0.5, 0.6) is 0 Å². The lowest BCUT2D eigenvalue weighted by Crippen LogP contribution is -2.30. The molecule has 0 aliphatic heterocycles. The number of nitrogens with zero attached hydrogens (tertiary/aromatic N) is 3. The van der Waals surface area contributed by atoms with Gasteiger partial charge in [-0.25, -0.2) is 4.98 Å². The largest absolute Gasteiger partial charge is 0.340 e. The van der Waals surface area contributed by atoms with Crippen molar-refractivity contribution in [3.05, 3.63) is 60.3 Å². The van der Waals surface area contributed by atoms with E-state index in [0.29, 0.717) is 6.42 Å². The first kappa shape index (κ1) is 12.8. The van der Waals surface area contributed by atoms with Crippen LogP contribution in [0.25, 0.3) is 10.9 Å². The molecule has 3 aromatic rings. The molecule has 1 unspecified atom stereocenters. The summed E-state index contributed by atoms with van der Waals surface area (Å²) in [6.07, 6.45) is 4.44. The van der Waals surface area contributed by atoms with Crippen molar-refractivity contribution >= 4 is 10.9 Å². The lowest BCUT2D eigenvalue weighted by molar-refractivity contribution is 0.535. The normalized spacial score (nSPS) is 12.7. The van der Waals surface area contributed by atoms with Gasteiger partial charge in [-0.3, -0.25) is 16.3 Å². The highest BCUT2D eigenvalue weighted by molar-refractivity contribution is 5.78. The van der Waals surface area contributed by atoms with Crippen LogP contribution in [0.1, 0.15) is 17.4 Å². The summed E-state index contributed by atoms with van der Waals surface area (Å²) in [5.41, 5.74) is 5.73. The number of benzene rings is 1. The minimum Gasteiger partial charge on any atom is -0.340 e. The van der Waals surface area contributed by atoms with Gasteiger partial charge in [-0.15, -0.1) is 0 Å². The fraction of sp³-hybridized carbons (Fsp3) is 0.200. The smallest absolute Gasteiger partial charge is 0.0947 e. The minimum absolute atomic E-state index is 0.0372. The highest BCUT2D eigenvalue weighted by Crippen LogP contribution is 2.17. The number of para-hydroxylation sites is 1. The van der Waals surface area contributed by atoms with Gasteiger partial charge < -0.3 is 4.57 Å². The van der Waals surface area contributed by atoms with Gasteiger partial charge >= 0.3 is 0 Å². The van der Waals surface area contributed by atoms with E-state index < -0.39 is 0 Å². The van der Waals surface area contributed by atoms with Crippen molar-refractivity contribution in [2.45, 2.75) is 12.5 Å². The van der Waals surface area contributed by atoms with Crippen molar-refractivity contribution in [2.24, 2.45) is 12.9 Å². The maximum absolute atomic E-state index is 5.65. The zero-order chi connectivity index (χ0) is 13.9. The quantitative estimate of drug-likeness (QED) is 0.558. The Labute approximate surface area is 117 Å². The van der Waals surface area contributed by atoms with Crippen LogP contribution in [-0.2, 0) is 13.5 Å². The van der Waals surface area contributed by atoms with Crippen LogP contribution >= 0.6 is 0 Å². The fourth-order valence-electron chi connectivity index (χ4n) is 2.29. The number of nitrogens with one attached hydrogen (secondary N) is 1. The van der Waals surface area contributed by atoms with Crippen LogP contribution in [0.15, 0.2) is 48.9 Å². The second kappa shape index (κ2) is 5.40. The van der Waals surface area contributed by atoms with Crippen LogP contribution in [0.2, 0.25) is 0 Å². The number of nitrogens with two attached hydrogens (primary N) is 1. The average Bonchev–Trinajstić information content (AvgIpc) is 2.91. The third kappa shape index (κ3) is 2.54. The Hall–Kier alpha value is -2.24. The Morgan fingerprint density at radius 1 is 1.25 bits per heavy atom. The van der Waals surface area contributed by atoms with E-state index >= 15 is 0 Å². The molecule has 3 rings (SSSR count). The van der Waals surface area contributed by atoms with E-state index in [1.165, 1.54) is 0 Å². The van der Waals surface area contributed by atoms with Gasteiger partial charge in [-0.05, 0) is 12.1 Å². The van der Waals surface area contributed by atoms with Gasteiger partial charge in [0.2, 0.25) is 0 Å². The van der Waals surface area contributed by atoms with Crippen molar-refractivity contribution in [3.63, 3.8) is 0 Å². The fourth-order valence-corrected chi connectivity index (χ4v) is 2.29. The molecule has 0 radical (unpaired) electrons. The van der Waals surface area contributed by atoms with Crippen molar-refractivity contribution in [3.8, 4) is 0 Å². The third-order valence-corrected chi connectivity index (χ3v) is 3.35. The molecule has 0 saturated heterocycles. The molecule has 1 aromatic carbocycles. The average molecular weight is 267 g/mol. The number of hydrogen-bond acceptors (Lipinski definition) is 4. The molecule has 3 N–H and O–H groups in total. The van der Waals surface area contributed by atoms with Crippen LogP contribution in [-0.4, -0.2) is 14.5 Å². The Morgan fingerprint density at radius 3 is 2.85 bits per heavy atom. The molecule has 0 amide bonds. The van der Waals surface area contributed by atoms with E-state index in [4.69, 9.17) is 5.84 Å². The van der Waals surface area contributed by atoms with E-state index in [9.17, 15) is 0 Å². The minimum atomic E-state index is -0.0372. The number of rotatable bonds is 4. The summed E-state index contributed by atoms with van der Waals surface area (Å²) < 4.78 is 1.91. The van der Waals surface area contributed by atoms with Gasteiger partial charge in [0.1, 0.15) is 0 Å². The highest BCUT2D eigenvalue weighted by Gasteiger charge is 2.14. The third-order valence-electron chi connectivity index (χ3n) is 3.35. The number of imidazole rings is 1. The first-order valence-electron chi connectivity index (χ1n) is 6.55. The van der Waals surface area contributed by atoms with Crippen molar-refractivity contribution in [2.75, 3.05) is 0 Å². The van der Waals surface area contributed by atoms with Gasteiger partial charge in [0.25, 0.3) is 0 Å². The summed E-state index contributed by atoms with van der Waals surface area (Å²) in [5.74, 6) is 5.65. The number of hydrazine groups is 1. The Bertz CT molecular complexity index is 719. The molecule has 5 heteroatoms. The predicted octanol–water partition coefficient (Wildman–Crippen LogP) is 1.72. The summed E-state index contributed by atoms with van der Waals surface area (Å²) in [7, 11) is 1.94. The monoisotopic (exact) mass is 267 g/mol. The summed E-state index contributed by atoms with van der Waals surface area (Å²) in [5, 5.41) is 1.14. The maximum atomic E-state index is 5.65. The maximum Gasteiger partial charge on any atom is 0.0947 e. The zero-order valence-electron chi connectivity index (χ0n) is 11.3. The van der Waals surface area contributed by atoms with Gasteiger partial charge in [0, 0.05) is 30.7 Å². The molecule has 1 atom stereocenters. The summed E-state index contributed by atoms with van der Waals surface area (Å²) in [6.45, 7) is 0. The number of pyridine rings is 1. The zero-order valence-corrected chi connectivity index (χ0v) is 11.3. The van der Waals surface area contributed by atoms with E-state index in [2.05, 4.69) is 27.5 Å². The molecule has 0 saturated carbocycles. The predicted molar refractivity (Wildman–Crippen MR) is 78.7 cm³/mol. The molecule has 2 aromatic heterocycles. The Morgan fingerprint density at radius 2 is 2.10 bits per heavy atom. The molecule has 0 fully saturated rings. The van der Waals surface area contributed by atoms with Crippen molar-refractivity contribution in [1.29, 1.82) is 0 Å². The first-order chi connectivity index (χ1) is 9.76. The summed E-state index contributed by atoms with van der Waals surface area (Å²) in [6, 6.07) is 12.2. The van der Waals surface area contributed by atoms with E-state index in [-0.39, 0.29) is 6.04 Å². The second-order valence-corrected chi connectivity index (χ2v) is 4.88. The summed E-state index contributed by atoms with van der Waals surface area (Å²) >= 11 is 0. The molecular formula is C15H17N5. The number of fused-ring (bicyclic) bond motifs is 1. The van der Waals surface area contributed by atoms with Gasteiger partial charge in [0.05, 0.1) is 23.6 Å². The SMILES string of the molecule is Cn1cnc(C(Cc2ccc3ccccc3n2)NN)c1. The van der Waals surface area contributed by atoms with Crippen molar-refractivity contribution in [1.82, 2.24) is 20.0 Å². The van der Waals surface area contributed by atoms with E-state index in [0.717, 1.165) is 22.3 Å². The van der Waals surface area contributed by atoms with Gasteiger partial charge in [-0.2, -0.15) is 0 Å². The molecule has 5 nitrogen and oxygen atoms in total. The Kier molecular flexibility index (Phi) is 3.45. The van der Waals surface area contributed by atoms with Gasteiger partial charge in [0.15, 0.2) is 0 Å². The molecule has 20 heavy (non-hydrogen) atoms. The lowest BCUT2D eigenvalue weighted by Gasteiger charge is -2.13. The molecule has 0 spiro atoms. The van der Waals surface area contributed by atoms with Crippen LogP contribution in [0, 0.1) is 0 Å². The molecular weight excluding hydrogens is 250 g/mol.